The minimum absolute atomic E-state index is 0.314. The molecule has 0 heterocycles. The van der Waals surface area contributed by atoms with E-state index in [0.717, 1.165) is 19.3 Å². The first-order chi connectivity index (χ1) is 5.78. The lowest BCUT2D eigenvalue weighted by Crippen LogP contribution is -2.40. The van der Waals surface area contributed by atoms with Crippen molar-refractivity contribution in [3.8, 4) is 0 Å². The number of aliphatic carboxylic acids is 1. The standard InChI is InChI=1S/C11H20O2/c1-8-7-11(4,9(12)13)6-5-10(8,2)3/h8H,5-7H2,1-4H3,(H,12,13)/t8-,11+/m0/s1. The van der Waals surface area contributed by atoms with Gasteiger partial charge in [-0.15, -0.1) is 0 Å². The SMILES string of the molecule is C[C@H]1C[C@](C)(C(=O)O)CCC1(C)C. The molecule has 13 heavy (non-hydrogen) atoms. The molecule has 1 N–H and O–H groups in total. The van der Waals surface area contributed by atoms with Crippen LogP contribution in [0, 0.1) is 16.7 Å². The predicted octanol–water partition coefficient (Wildman–Crippen LogP) is 2.92. The van der Waals surface area contributed by atoms with Gasteiger partial charge in [0.05, 0.1) is 5.41 Å². The molecule has 1 aliphatic carbocycles. The molecule has 0 radical (unpaired) electrons. The smallest absolute Gasteiger partial charge is 0.309 e. The van der Waals surface area contributed by atoms with Gasteiger partial charge in [-0.3, -0.25) is 4.79 Å². The van der Waals surface area contributed by atoms with Gasteiger partial charge in [0, 0.05) is 0 Å². The molecule has 1 aliphatic rings. The highest BCUT2D eigenvalue weighted by Gasteiger charge is 2.44. The van der Waals surface area contributed by atoms with Crippen LogP contribution in [-0.2, 0) is 4.79 Å². The number of hydrogen-bond acceptors (Lipinski definition) is 1. The van der Waals surface area contributed by atoms with Crippen LogP contribution in [0.25, 0.3) is 0 Å². The van der Waals surface area contributed by atoms with Gasteiger partial charge >= 0.3 is 5.97 Å². The Balaban J connectivity index is 2.76. The fourth-order valence-electron chi connectivity index (χ4n) is 2.09. The third kappa shape index (κ3) is 1.87. The maximum Gasteiger partial charge on any atom is 0.309 e. The van der Waals surface area contributed by atoms with Gasteiger partial charge in [0.1, 0.15) is 0 Å². The zero-order chi connectivity index (χ0) is 10.3. The third-order valence-corrected chi connectivity index (χ3v) is 3.93. The fourth-order valence-corrected chi connectivity index (χ4v) is 2.09. The Morgan fingerprint density at radius 1 is 1.31 bits per heavy atom. The minimum Gasteiger partial charge on any atom is -0.481 e. The van der Waals surface area contributed by atoms with Crippen molar-refractivity contribution in [3.05, 3.63) is 0 Å². The third-order valence-electron chi connectivity index (χ3n) is 3.93. The van der Waals surface area contributed by atoms with Crippen molar-refractivity contribution in [2.24, 2.45) is 16.7 Å². The van der Waals surface area contributed by atoms with Crippen LogP contribution in [0.2, 0.25) is 0 Å². The molecule has 0 aromatic heterocycles. The van der Waals surface area contributed by atoms with Gasteiger partial charge in [-0.2, -0.15) is 0 Å². The van der Waals surface area contributed by atoms with E-state index in [0.29, 0.717) is 11.3 Å². The predicted molar refractivity (Wildman–Crippen MR) is 52.5 cm³/mol. The first-order valence-electron chi connectivity index (χ1n) is 5.01. The molecule has 0 aliphatic heterocycles. The van der Waals surface area contributed by atoms with Crippen molar-refractivity contribution < 1.29 is 9.90 Å². The van der Waals surface area contributed by atoms with Crippen molar-refractivity contribution in [1.29, 1.82) is 0 Å². The van der Waals surface area contributed by atoms with Crippen LogP contribution < -0.4 is 0 Å². The molecule has 1 fully saturated rings. The Bertz CT molecular complexity index is 220. The summed E-state index contributed by atoms with van der Waals surface area (Å²) in [5.74, 6) is -0.128. The topological polar surface area (TPSA) is 37.3 Å². The summed E-state index contributed by atoms with van der Waals surface area (Å²) in [6.45, 7) is 8.51. The van der Waals surface area contributed by atoms with Crippen LogP contribution >= 0.6 is 0 Å². The quantitative estimate of drug-likeness (QED) is 0.680. The normalized spacial score (nSPS) is 38.6. The average Bonchev–Trinajstić information content (AvgIpc) is 1.98. The lowest BCUT2D eigenvalue weighted by molar-refractivity contribution is -0.152. The molecular formula is C11H20O2. The van der Waals surface area contributed by atoms with E-state index in [2.05, 4.69) is 20.8 Å². The van der Waals surface area contributed by atoms with Crippen LogP contribution in [0.4, 0.5) is 0 Å². The molecule has 0 unspecified atom stereocenters. The maximum absolute atomic E-state index is 11.0. The molecule has 0 saturated heterocycles. The molecule has 0 spiro atoms. The molecular weight excluding hydrogens is 164 g/mol. The Kier molecular flexibility index (Phi) is 2.44. The van der Waals surface area contributed by atoms with Gasteiger partial charge in [-0.25, -0.2) is 0 Å². The Morgan fingerprint density at radius 3 is 2.23 bits per heavy atom. The fraction of sp³-hybridized carbons (Fsp3) is 0.909. The largest absolute Gasteiger partial charge is 0.481 e. The zero-order valence-corrected chi connectivity index (χ0v) is 9.05. The van der Waals surface area contributed by atoms with Crippen LogP contribution in [-0.4, -0.2) is 11.1 Å². The summed E-state index contributed by atoms with van der Waals surface area (Å²) in [4.78, 5) is 11.0. The summed E-state index contributed by atoms with van der Waals surface area (Å²) in [5, 5.41) is 9.09. The van der Waals surface area contributed by atoms with Crippen molar-refractivity contribution >= 4 is 5.97 Å². The monoisotopic (exact) mass is 184 g/mol. The summed E-state index contributed by atoms with van der Waals surface area (Å²) < 4.78 is 0. The number of hydrogen-bond donors (Lipinski definition) is 1. The number of carboxylic acids is 1. The van der Waals surface area contributed by atoms with Crippen LogP contribution in [0.5, 0.6) is 0 Å². The van der Waals surface area contributed by atoms with E-state index in [1.165, 1.54) is 0 Å². The highest BCUT2D eigenvalue weighted by molar-refractivity contribution is 5.74. The molecule has 76 valence electrons. The van der Waals surface area contributed by atoms with Gasteiger partial charge in [0.15, 0.2) is 0 Å². The van der Waals surface area contributed by atoms with Gasteiger partial charge in [0.25, 0.3) is 0 Å². The first kappa shape index (κ1) is 10.6. The summed E-state index contributed by atoms with van der Waals surface area (Å²) in [7, 11) is 0. The molecule has 0 bridgehead atoms. The zero-order valence-electron chi connectivity index (χ0n) is 9.05. The second-order valence-corrected chi connectivity index (χ2v) is 5.46. The van der Waals surface area contributed by atoms with Crippen LogP contribution in [0.15, 0.2) is 0 Å². The second-order valence-electron chi connectivity index (χ2n) is 5.46. The number of rotatable bonds is 1. The van der Waals surface area contributed by atoms with E-state index in [9.17, 15) is 4.79 Å². The van der Waals surface area contributed by atoms with Gasteiger partial charge in [0.2, 0.25) is 0 Å². The Hall–Kier alpha value is -0.530. The minimum atomic E-state index is -0.630. The van der Waals surface area contributed by atoms with E-state index in [1.807, 2.05) is 6.92 Å². The van der Waals surface area contributed by atoms with E-state index in [1.54, 1.807) is 0 Å². The number of carbonyl (C=O) groups is 1. The molecule has 1 rings (SSSR count). The number of carboxylic acid groups (broad SMARTS) is 1. The van der Waals surface area contributed by atoms with E-state index >= 15 is 0 Å². The molecule has 2 atom stereocenters. The maximum atomic E-state index is 11.0. The lowest BCUT2D eigenvalue weighted by atomic mass is 9.60. The molecule has 1 saturated carbocycles. The van der Waals surface area contributed by atoms with Crippen molar-refractivity contribution in [3.63, 3.8) is 0 Å². The van der Waals surface area contributed by atoms with Crippen LogP contribution in [0.1, 0.15) is 47.0 Å². The Morgan fingerprint density at radius 2 is 1.85 bits per heavy atom. The summed E-state index contributed by atoms with van der Waals surface area (Å²) >= 11 is 0. The van der Waals surface area contributed by atoms with Crippen molar-refractivity contribution in [1.82, 2.24) is 0 Å². The van der Waals surface area contributed by atoms with Crippen molar-refractivity contribution in [2.75, 3.05) is 0 Å². The molecule has 0 aromatic carbocycles. The first-order valence-corrected chi connectivity index (χ1v) is 5.01. The highest BCUT2D eigenvalue weighted by atomic mass is 16.4. The van der Waals surface area contributed by atoms with Crippen molar-refractivity contribution in [2.45, 2.75) is 47.0 Å². The highest BCUT2D eigenvalue weighted by Crippen LogP contribution is 2.48. The summed E-state index contributed by atoms with van der Waals surface area (Å²) in [6.07, 6.45) is 2.66. The molecule has 2 heteroatoms. The van der Waals surface area contributed by atoms with E-state index in [-0.39, 0.29) is 0 Å². The average molecular weight is 184 g/mol. The molecule has 0 amide bonds. The second kappa shape index (κ2) is 3.00. The van der Waals surface area contributed by atoms with E-state index in [4.69, 9.17) is 5.11 Å². The van der Waals surface area contributed by atoms with Gasteiger partial charge in [-0.05, 0) is 37.5 Å². The van der Waals surface area contributed by atoms with Gasteiger partial charge < -0.3 is 5.11 Å². The molecule has 2 nitrogen and oxygen atoms in total. The van der Waals surface area contributed by atoms with Crippen LogP contribution in [0.3, 0.4) is 0 Å². The summed E-state index contributed by atoms with van der Waals surface area (Å²) in [5.41, 5.74) is -0.163. The Labute approximate surface area is 80.3 Å². The van der Waals surface area contributed by atoms with E-state index < -0.39 is 11.4 Å². The lowest BCUT2D eigenvalue weighted by Gasteiger charge is -2.43. The van der Waals surface area contributed by atoms with Gasteiger partial charge in [-0.1, -0.05) is 20.8 Å². The molecule has 0 aromatic rings. The summed E-state index contributed by atoms with van der Waals surface area (Å²) in [6, 6.07) is 0.